The monoisotopic (exact) mass is 192 g/mol. The van der Waals surface area contributed by atoms with E-state index < -0.39 is 24.5 Å². The topological polar surface area (TPSA) is 52.9 Å². The van der Waals surface area contributed by atoms with Gasteiger partial charge in [0.2, 0.25) is 5.91 Å². The molecule has 1 unspecified atom stereocenters. The van der Waals surface area contributed by atoms with Crippen molar-refractivity contribution >= 4 is 5.91 Å². The van der Waals surface area contributed by atoms with Gasteiger partial charge >= 0.3 is 6.18 Å². The lowest BCUT2D eigenvalue weighted by atomic mass is 10.2. The fourth-order valence-corrected chi connectivity index (χ4v) is 0.591. The van der Waals surface area contributed by atoms with E-state index in [0.29, 0.717) is 0 Å². The van der Waals surface area contributed by atoms with Crippen molar-refractivity contribution in [3.8, 4) is 6.07 Å². The Morgan fingerprint density at radius 1 is 1.69 bits per heavy atom. The number of nitrogens with one attached hydrogen (secondary N) is 1. The molecule has 0 saturated carbocycles. The van der Waals surface area contributed by atoms with Gasteiger partial charge in [0, 0.05) is 0 Å². The van der Waals surface area contributed by atoms with Gasteiger partial charge in [0.1, 0.15) is 6.04 Å². The molecule has 0 bridgehead atoms. The van der Waals surface area contributed by atoms with Crippen molar-refractivity contribution in [2.24, 2.45) is 0 Å². The highest BCUT2D eigenvalue weighted by atomic mass is 19.4. The van der Waals surface area contributed by atoms with E-state index in [4.69, 9.17) is 5.26 Å². The van der Waals surface area contributed by atoms with Crippen molar-refractivity contribution in [3.05, 3.63) is 12.7 Å². The Morgan fingerprint density at radius 2 is 2.23 bits per heavy atom. The highest BCUT2D eigenvalue weighted by molar-refractivity contribution is 5.87. The fourth-order valence-electron chi connectivity index (χ4n) is 0.591. The van der Waals surface area contributed by atoms with E-state index in [1.165, 1.54) is 6.07 Å². The van der Waals surface area contributed by atoms with Crippen LogP contribution in [0.25, 0.3) is 0 Å². The maximum atomic E-state index is 11.7. The first-order chi connectivity index (χ1) is 5.89. The molecule has 0 spiro atoms. The maximum absolute atomic E-state index is 11.7. The number of carbonyl (C=O) groups is 1. The molecule has 1 atom stereocenters. The smallest absolute Gasteiger partial charge is 0.336 e. The highest BCUT2D eigenvalue weighted by Crippen LogP contribution is 2.21. The zero-order valence-electron chi connectivity index (χ0n) is 6.56. The van der Waals surface area contributed by atoms with Gasteiger partial charge in [-0.25, -0.2) is 0 Å². The van der Waals surface area contributed by atoms with E-state index in [9.17, 15) is 18.0 Å². The molecular formula is C7H7F3N2O. The molecule has 6 heteroatoms. The first kappa shape index (κ1) is 11.5. The van der Waals surface area contributed by atoms with Crippen LogP contribution in [0.15, 0.2) is 12.7 Å². The predicted molar refractivity (Wildman–Crippen MR) is 38.4 cm³/mol. The third kappa shape index (κ3) is 5.73. The molecule has 0 fully saturated rings. The summed E-state index contributed by atoms with van der Waals surface area (Å²) < 4.78 is 35.2. The summed E-state index contributed by atoms with van der Waals surface area (Å²) in [5.74, 6) is -0.796. The van der Waals surface area contributed by atoms with Crippen molar-refractivity contribution in [2.75, 3.05) is 0 Å². The number of amides is 1. The summed E-state index contributed by atoms with van der Waals surface area (Å²) in [5, 5.41) is 10.1. The number of hydrogen-bond acceptors (Lipinski definition) is 2. The van der Waals surface area contributed by atoms with Crippen LogP contribution in [0.5, 0.6) is 0 Å². The average molecular weight is 192 g/mol. The summed E-state index contributed by atoms with van der Waals surface area (Å²) in [4.78, 5) is 10.5. The van der Waals surface area contributed by atoms with Crippen LogP contribution in [0.2, 0.25) is 0 Å². The summed E-state index contributed by atoms with van der Waals surface area (Å²) in [6.07, 6.45) is -5.02. The van der Waals surface area contributed by atoms with E-state index in [1.807, 2.05) is 5.32 Å². The molecular weight excluding hydrogens is 185 g/mol. The average Bonchev–Trinajstić information content (AvgIpc) is 2.00. The van der Waals surface area contributed by atoms with Gasteiger partial charge in [-0.3, -0.25) is 4.79 Å². The molecule has 1 amide bonds. The first-order valence-electron chi connectivity index (χ1n) is 3.28. The normalized spacial score (nSPS) is 12.8. The van der Waals surface area contributed by atoms with Gasteiger partial charge in [0.25, 0.3) is 0 Å². The van der Waals surface area contributed by atoms with Crippen LogP contribution < -0.4 is 5.32 Å². The van der Waals surface area contributed by atoms with E-state index in [1.54, 1.807) is 0 Å². The van der Waals surface area contributed by atoms with Gasteiger partial charge in [-0.2, -0.15) is 18.4 Å². The number of rotatable bonds is 3. The Hall–Kier alpha value is -1.51. The minimum absolute atomic E-state index is 0.796. The van der Waals surface area contributed by atoms with Gasteiger partial charge in [0.15, 0.2) is 0 Å². The molecule has 0 aromatic heterocycles. The van der Waals surface area contributed by atoms with Crippen molar-refractivity contribution in [1.82, 2.24) is 5.32 Å². The Labute approximate surface area is 72.8 Å². The van der Waals surface area contributed by atoms with E-state index in [2.05, 4.69) is 6.58 Å². The Morgan fingerprint density at radius 3 is 2.54 bits per heavy atom. The molecule has 3 nitrogen and oxygen atoms in total. The molecule has 1 N–H and O–H groups in total. The number of nitriles is 1. The lowest BCUT2D eigenvalue weighted by Crippen LogP contribution is -2.36. The van der Waals surface area contributed by atoms with Crippen LogP contribution >= 0.6 is 0 Å². The second-order valence-electron chi connectivity index (χ2n) is 2.21. The lowest BCUT2D eigenvalue weighted by Gasteiger charge is -2.11. The van der Waals surface area contributed by atoms with Crippen LogP contribution in [0.4, 0.5) is 13.2 Å². The summed E-state index contributed by atoms with van der Waals surface area (Å²) in [6, 6.07) is -0.226. The van der Waals surface area contributed by atoms with Gasteiger partial charge < -0.3 is 5.32 Å². The predicted octanol–water partition coefficient (Wildman–Crippen LogP) is 1.13. The standard InChI is InChI=1S/C7H7F3N2O/c1-2-6(13)12-5(4-11)3-7(8,9)10/h2,5H,1,3H2,(H,12,13). The molecule has 0 aliphatic heterocycles. The van der Waals surface area contributed by atoms with Crippen molar-refractivity contribution in [3.63, 3.8) is 0 Å². The Bertz CT molecular complexity index is 241. The van der Waals surface area contributed by atoms with E-state index in [-0.39, 0.29) is 0 Å². The summed E-state index contributed by atoms with van der Waals surface area (Å²) >= 11 is 0. The summed E-state index contributed by atoms with van der Waals surface area (Å²) in [7, 11) is 0. The minimum atomic E-state index is -4.46. The maximum Gasteiger partial charge on any atom is 0.392 e. The second kappa shape index (κ2) is 4.50. The van der Waals surface area contributed by atoms with Crippen LogP contribution in [-0.4, -0.2) is 18.1 Å². The molecule has 0 heterocycles. The molecule has 0 aliphatic rings. The summed E-state index contributed by atoms with van der Waals surface area (Å²) in [5.41, 5.74) is 0. The van der Waals surface area contributed by atoms with Gasteiger partial charge in [-0.15, -0.1) is 0 Å². The molecule has 0 saturated heterocycles. The largest absolute Gasteiger partial charge is 0.392 e. The fraction of sp³-hybridized carbons (Fsp3) is 0.429. The Kier molecular flexibility index (Phi) is 3.98. The van der Waals surface area contributed by atoms with E-state index in [0.717, 1.165) is 6.08 Å². The first-order valence-corrected chi connectivity index (χ1v) is 3.28. The zero-order valence-corrected chi connectivity index (χ0v) is 6.56. The van der Waals surface area contributed by atoms with Gasteiger partial charge in [0.05, 0.1) is 12.5 Å². The number of halogens is 3. The minimum Gasteiger partial charge on any atom is -0.336 e. The van der Waals surface area contributed by atoms with Gasteiger partial charge in [-0.05, 0) is 6.08 Å². The van der Waals surface area contributed by atoms with E-state index >= 15 is 0 Å². The zero-order chi connectivity index (χ0) is 10.5. The third-order valence-corrected chi connectivity index (χ3v) is 1.09. The number of nitrogens with zero attached hydrogens (tertiary/aromatic N) is 1. The van der Waals surface area contributed by atoms with Crippen LogP contribution in [0.3, 0.4) is 0 Å². The molecule has 0 aromatic carbocycles. The number of hydrogen-bond donors (Lipinski definition) is 1. The SMILES string of the molecule is C=CC(=O)NC(C#N)CC(F)(F)F. The molecule has 0 rings (SSSR count). The van der Waals surface area contributed by atoms with Crippen molar-refractivity contribution < 1.29 is 18.0 Å². The molecule has 72 valence electrons. The molecule has 13 heavy (non-hydrogen) atoms. The van der Waals surface area contributed by atoms with Crippen LogP contribution in [-0.2, 0) is 4.79 Å². The summed E-state index contributed by atoms with van der Waals surface area (Å²) in [6.45, 7) is 3.04. The number of carbonyl (C=O) groups excluding carboxylic acids is 1. The second-order valence-corrected chi connectivity index (χ2v) is 2.21. The van der Waals surface area contributed by atoms with Gasteiger partial charge in [-0.1, -0.05) is 6.58 Å². The van der Waals surface area contributed by atoms with Crippen molar-refractivity contribution in [1.29, 1.82) is 5.26 Å². The molecule has 0 aromatic rings. The lowest BCUT2D eigenvalue weighted by molar-refractivity contribution is -0.138. The molecule has 0 aliphatic carbocycles. The highest BCUT2D eigenvalue weighted by Gasteiger charge is 2.32. The number of alkyl halides is 3. The molecule has 0 radical (unpaired) electrons. The van der Waals surface area contributed by atoms with Crippen molar-refractivity contribution in [2.45, 2.75) is 18.6 Å². The van der Waals surface area contributed by atoms with Crippen LogP contribution in [0, 0.1) is 11.3 Å². The third-order valence-electron chi connectivity index (χ3n) is 1.09. The Balaban J connectivity index is 4.15. The quantitative estimate of drug-likeness (QED) is 0.681. The van der Waals surface area contributed by atoms with Crippen LogP contribution in [0.1, 0.15) is 6.42 Å².